The Morgan fingerprint density at radius 2 is 1.95 bits per heavy atom. The topological polar surface area (TPSA) is 79.8 Å². The van der Waals surface area contributed by atoms with Crippen molar-refractivity contribution in [1.82, 2.24) is 10.6 Å². The molecule has 19 heavy (non-hydrogen) atoms. The molecule has 0 saturated heterocycles. The second kappa shape index (κ2) is 10.1. The maximum Gasteiger partial charge on any atom is 0.226 e. The van der Waals surface area contributed by atoms with E-state index in [0.717, 1.165) is 0 Å². The predicted molar refractivity (Wildman–Crippen MR) is 74.0 cm³/mol. The fraction of sp³-hybridized carbons (Fsp3) is 0.923. The summed E-state index contributed by atoms with van der Waals surface area (Å²) in [6.45, 7) is 8.48. The van der Waals surface area contributed by atoms with Crippen LogP contribution in [0.15, 0.2) is 0 Å². The highest BCUT2D eigenvalue weighted by Crippen LogP contribution is 2.12. The van der Waals surface area contributed by atoms with Crippen molar-refractivity contribution < 1.29 is 19.4 Å². The van der Waals surface area contributed by atoms with E-state index < -0.39 is 11.5 Å². The first-order valence-electron chi connectivity index (χ1n) is 6.70. The third-order valence-corrected chi connectivity index (χ3v) is 2.68. The SMILES string of the molecule is CCOCCOCC(O)CNCC(C)(C)C(=O)NC. The minimum absolute atomic E-state index is 0.0255. The number of hydrogen-bond acceptors (Lipinski definition) is 5. The second-order valence-electron chi connectivity index (χ2n) is 5.02. The molecule has 0 aliphatic rings. The van der Waals surface area contributed by atoms with Gasteiger partial charge in [-0.1, -0.05) is 0 Å². The Balaban J connectivity index is 3.62. The van der Waals surface area contributed by atoms with E-state index >= 15 is 0 Å². The van der Waals surface area contributed by atoms with Crippen molar-refractivity contribution >= 4 is 5.91 Å². The molecular weight excluding hydrogens is 248 g/mol. The van der Waals surface area contributed by atoms with Gasteiger partial charge in [0.1, 0.15) is 0 Å². The van der Waals surface area contributed by atoms with Crippen LogP contribution in [0.5, 0.6) is 0 Å². The zero-order chi connectivity index (χ0) is 14.7. The first kappa shape index (κ1) is 18.3. The fourth-order valence-corrected chi connectivity index (χ4v) is 1.51. The summed E-state index contributed by atoms with van der Waals surface area (Å²) in [5.41, 5.74) is -0.496. The van der Waals surface area contributed by atoms with E-state index in [4.69, 9.17) is 9.47 Å². The largest absolute Gasteiger partial charge is 0.389 e. The number of carbonyl (C=O) groups excluding carboxylic acids is 1. The van der Waals surface area contributed by atoms with Crippen LogP contribution in [0.1, 0.15) is 20.8 Å². The lowest BCUT2D eigenvalue weighted by atomic mass is 9.92. The molecule has 0 aromatic carbocycles. The molecule has 0 heterocycles. The van der Waals surface area contributed by atoms with Gasteiger partial charge in [-0.2, -0.15) is 0 Å². The first-order chi connectivity index (χ1) is 8.94. The molecule has 0 saturated carbocycles. The van der Waals surface area contributed by atoms with Crippen LogP contribution in [-0.4, -0.2) is 63.7 Å². The van der Waals surface area contributed by atoms with Gasteiger partial charge in [0.25, 0.3) is 0 Å². The van der Waals surface area contributed by atoms with Crippen LogP contribution in [0.25, 0.3) is 0 Å². The highest BCUT2D eigenvalue weighted by Gasteiger charge is 2.26. The van der Waals surface area contributed by atoms with Crippen LogP contribution >= 0.6 is 0 Å². The van der Waals surface area contributed by atoms with Gasteiger partial charge in [-0.25, -0.2) is 0 Å². The molecule has 6 nitrogen and oxygen atoms in total. The van der Waals surface area contributed by atoms with E-state index in [-0.39, 0.29) is 12.5 Å². The van der Waals surface area contributed by atoms with Gasteiger partial charge in [-0.05, 0) is 20.8 Å². The summed E-state index contributed by atoms with van der Waals surface area (Å²) >= 11 is 0. The maximum absolute atomic E-state index is 11.5. The van der Waals surface area contributed by atoms with Gasteiger partial charge >= 0.3 is 0 Å². The summed E-state index contributed by atoms with van der Waals surface area (Å²) in [4.78, 5) is 11.5. The number of rotatable bonds is 11. The molecular formula is C13H28N2O4. The Hall–Kier alpha value is -0.690. The van der Waals surface area contributed by atoms with Crippen molar-refractivity contribution in [3.05, 3.63) is 0 Å². The number of aliphatic hydroxyl groups excluding tert-OH is 1. The maximum atomic E-state index is 11.5. The van der Waals surface area contributed by atoms with Gasteiger partial charge in [-0.3, -0.25) is 4.79 Å². The van der Waals surface area contributed by atoms with E-state index in [2.05, 4.69) is 10.6 Å². The van der Waals surface area contributed by atoms with E-state index in [1.807, 2.05) is 20.8 Å². The summed E-state index contributed by atoms with van der Waals surface area (Å²) in [5.74, 6) is -0.0255. The molecule has 0 fully saturated rings. The Bertz CT molecular complexity index is 247. The van der Waals surface area contributed by atoms with E-state index in [0.29, 0.717) is 32.9 Å². The van der Waals surface area contributed by atoms with Gasteiger partial charge in [0.05, 0.1) is 31.3 Å². The number of amides is 1. The molecule has 1 amide bonds. The van der Waals surface area contributed by atoms with Crippen LogP contribution in [0, 0.1) is 5.41 Å². The van der Waals surface area contributed by atoms with E-state index in [1.54, 1.807) is 7.05 Å². The summed E-state index contributed by atoms with van der Waals surface area (Å²) in [7, 11) is 1.62. The van der Waals surface area contributed by atoms with Crippen molar-refractivity contribution in [3.8, 4) is 0 Å². The van der Waals surface area contributed by atoms with Gasteiger partial charge < -0.3 is 25.2 Å². The molecule has 0 radical (unpaired) electrons. The number of hydrogen-bond donors (Lipinski definition) is 3. The number of carbonyl (C=O) groups is 1. The van der Waals surface area contributed by atoms with Crippen LogP contribution in [0.2, 0.25) is 0 Å². The third kappa shape index (κ3) is 8.93. The van der Waals surface area contributed by atoms with Crippen LogP contribution in [0.4, 0.5) is 0 Å². The third-order valence-electron chi connectivity index (χ3n) is 2.68. The molecule has 0 aromatic heterocycles. The molecule has 0 aromatic rings. The number of nitrogens with one attached hydrogen (secondary N) is 2. The first-order valence-corrected chi connectivity index (χ1v) is 6.70. The summed E-state index contributed by atoms with van der Waals surface area (Å²) in [6, 6.07) is 0. The Morgan fingerprint density at radius 1 is 1.32 bits per heavy atom. The van der Waals surface area contributed by atoms with Crippen LogP contribution < -0.4 is 10.6 Å². The van der Waals surface area contributed by atoms with Gasteiger partial charge in [0.15, 0.2) is 0 Å². The van der Waals surface area contributed by atoms with E-state index in [1.165, 1.54) is 0 Å². The number of ether oxygens (including phenoxy) is 2. The standard InChI is InChI=1S/C13H28N2O4/c1-5-18-6-7-19-9-11(16)8-15-10-13(2,3)12(17)14-4/h11,15-16H,5-10H2,1-4H3,(H,14,17). The normalized spacial score (nSPS) is 13.3. The molecule has 1 atom stereocenters. The molecule has 0 bridgehead atoms. The number of aliphatic hydroxyl groups is 1. The minimum Gasteiger partial charge on any atom is -0.389 e. The monoisotopic (exact) mass is 276 g/mol. The molecule has 0 aliphatic heterocycles. The second-order valence-corrected chi connectivity index (χ2v) is 5.02. The smallest absolute Gasteiger partial charge is 0.226 e. The Morgan fingerprint density at radius 3 is 2.53 bits per heavy atom. The van der Waals surface area contributed by atoms with Crippen molar-refractivity contribution in [2.45, 2.75) is 26.9 Å². The van der Waals surface area contributed by atoms with Gasteiger partial charge in [-0.15, -0.1) is 0 Å². The van der Waals surface area contributed by atoms with Crippen LogP contribution in [-0.2, 0) is 14.3 Å². The molecule has 0 spiro atoms. The van der Waals surface area contributed by atoms with Crippen molar-refractivity contribution in [2.24, 2.45) is 5.41 Å². The highest BCUT2D eigenvalue weighted by molar-refractivity contribution is 5.81. The Labute approximate surface area is 115 Å². The average molecular weight is 276 g/mol. The summed E-state index contributed by atoms with van der Waals surface area (Å²) < 4.78 is 10.4. The van der Waals surface area contributed by atoms with Crippen molar-refractivity contribution in [3.63, 3.8) is 0 Å². The van der Waals surface area contributed by atoms with Gasteiger partial charge in [0, 0.05) is 26.7 Å². The molecule has 3 N–H and O–H groups in total. The molecule has 1 unspecified atom stereocenters. The molecule has 0 rings (SSSR count). The molecule has 0 aliphatic carbocycles. The summed E-state index contributed by atoms with van der Waals surface area (Å²) in [6.07, 6.45) is -0.581. The Kier molecular flexibility index (Phi) is 9.77. The fourth-order valence-electron chi connectivity index (χ4n) is 1.51. The highest BCUT2D eigenvalue weighted by atomic mass is 16.5. The lowest BCUT2D eigenvalue weighted by molar-refractivity contribution is -0.128. The summed E-state index contributed by atoms with van der Waals surface area (Å²) in [5, 5.41) is 15.4. The average Bonchev–Trinajstić information content (AvgIpc) is 2.37. The lowest BCUT2D eigenvalue weighted by Gasteiger charge is -2.23. The lowest BCUT2D eigenvalue weighted by Crippen LogP contribution is -2.44. The zero-order valence-electron chi connectivity index (χ0n) is 12.5. The quantitative estimate of drug-likeness (QED) is 0.454. The minimum atomic E-state index is -0.581. The van der Waals surface area contributed by atoms with E-state index in [9.17, 15) is 9.90 Å². The van der Waals surface area contributed by atoms with Gasteiger partial charge in [0.2, 0.25) is 5.91 Å². The van der Waals surface area contributed by atoms with Crippen molar-refractivity contribution in [2.75, 3.05) is 46.6 Å². The van der Waals surface area contributed by atoms with Crippen LogP contribution in [0.3, 0.4) is 0 Å². The van der Waals surface area contributed by atoms with Crippen molar-refractivity contribution in [1.29, 1.82) is 0 Å². The zero-order valence-corrected chi connectivity index (χ0v) is 12.5. The molecule has 6 heteroatoms. The molecule has 114 valence electrons. The predicted octanol–water partition coefficient (Wildman–Crippen LogP) is -0.238.